The maximum Gasteiger partial charge on any atom is 0.320 e. The molecule has 0 unspecified atom stereocenters. The largest absolute Gasteiger partial charge is 0.329 e. The lowest BCUT2D eigenvalue weighted by atomic mass is 10.1. The van der Waals surface area contributed by atoms with Gasteiger partial charge in [-0.2, -0.15) is 0 Å². The first-order valence-corrected chi connectivity index (χ1v) is 7.27. The van der Waals surface area contributed by atoms with Crippen LogP contribution in [0.1, 0.15) is 25.7 Å². The van der Waals surface area contributed by atoms with Gasteiger partial charge in [0, 0.05) is 45.8 Å². The van der Waals surface area contributed by atoms with E-state index in [0.29, 0.717) is 6.54 Å². The minimum absolute atomic E-state index is 0.254. The number of hydrogen-bond acceptors (Lipinski definition) is 3. The van der Waals surface area contributed by atoms with Crippen LogP contribution >= 0.6 is 0 Å². The van der Waals surface area contributed by atoms with Crippen LogP contribution in [0.5, 0.6) is 0 Å². The lowest BCUT2D eigenvalue weighted by Crippen LogP contribution is -2.46. The third-order valence-corrected chi connectivity index (χ3v) is 3.93. The molecule has 0 bridgehead atoms. The van der Waals surface area contributed by atoms with Gasteiger partial charge in [-0.15, -0.1) is 0 Å². The quantitative estimate of drug-likeness (QED) is 0.783. The number of piperidine rings is 1. The normalized spacial score (nSPS) is 22.9. The number of urea groups is 1. The van der Waals surface area contributed by atoms with Gasteiger partial charge in [0.05, 0.1) is 0 Å². The molecule has 2 rings (SSSR count). The van der Waals surface area contributed by atoms with Gasteiger partial charge in [-0.05, 0) is 32.2 Å². The molecule has 2 N–H and O–H groups in total. The Labute approximate surface area is 110 Å². The van der Waals surface area contributed by atoms with E-state index in [4.69, 9.17) is 5.73 Å². The average Bonchev–Trinajstić information content (AvgIpc) is 2.65. The molecule has 18 heavy (non-hydrogen) atoms. The molecule has 2 aliphatic rings. The number of hydrogen-bond donors (Lipinski definition) is 1. The molecule has 0 aliphatic carbocycles. The second-order valence-corrected chi connectivity index (χ2v) is 5.30. The van der Waals surface area contributed by atoms with Gasteiger partial charge in [0.25, 0.3) is 0 Å². The zero-order valence-corrected chi connectivity index (χ0v) is 11.3. The Balaban J connectivity index is 1.82. The summed E-state index contributed by atoms with van der Waals surface area (Å²) in [6.45, 7) is 7.35. The van der Waals surface area contributed by atoms with Crippen molar-refractivity contribution >= 4 is 6.03 Å². The predicted octanol–water partition coefficient (Wildman–Crippen LogP) is 0.559. The highest BCUT2D eigenvalue weighted by Gasteiger charge is 2.24. The maximum atomic E-state index is 12.4. The van der Waals surface area contributed by atoms with E-state index in [1.165, 1.54) is 19.3 Å². The Morgan fingerprint density at radius 3 is 2.22 bits per heavy atom. The summed E-state index contributed by atoms with van der Waals surface area (Å²) in [6, 6.07) is 0.254. The molecule has 2 fully saturated rings. The summed E-state index contributed by atoms with van der Waals surface area (Å²) >= 11 is 0. The number of nitrogens with zero attached hydrogens (tertiary/aromatic N) is 3. The van der Waals surface area contributed by atoms with Gasteiger partial charge >= 0.3 is 6.03 Å². The van der Waals surface area contributed by atoms with E-state index in [2.05, 4.69) is 4.90 Å². The van der Waals surface area contributed by atoms with Crippen LogP contribution in [0.25, 0.3) is 0 Å². The van der Waals surface area contributed by atoms with Crippen molar-refractivity contribution in [2.45, 2.75) is 25.7 Å². The summed E-state index contributed by atoms with van der Waals surface area (Å²) in [5.74, 6) is 0. The Bertz CT molecular complexity index is 266. The molecule has 0 radical (unpaired) electrons. The monoisotopic (exact) mass is 254 g/mol. The summed E-state index contributed by atoms with van der Waals surface area (Å²) in [4.78, 5) is 18.8. The molecule has 0 atom stereocenters. The fraction of sp³-hybridized carbons (Fsp3) is 0.923. The first-order chi connectivity index (χ1) is 8.81. The van der Waals surface area contributed by atoms with Crippen molar-refractivity contribution in [3.8, 4) is 0 Å². The van der Waals surface area contributed by atoms with Crippen LogP contribution < -0.4 is 5.73 Å². The van der Waals surface area contributed by atoms with Gasteiger partial charge in [0.15, 0.2) is 0 Å². The van der Waals surface area contributed by atoms with E-state index in [-0.39, 0.29) is 6.03 Å². The SMILES string of the molecule is NCCN1CCCN(C(=O)N2CCCCC2)CC1. The van der Waals surface area contributed by atoms with Crippen LogP contribution in [-0.2, 0) is 0 Å². The minimum atomic E-state index is 0.254. The highest BCUT2D eigenvalue weighted by atomic mass is 16.2. The third kappa shape index (κ3) is 3.59. The summed E-state index contributed by atoms with van der Waals surface area (Å²) in [5.41, 5.74) is 5.59. The number of amides is 2. The van der Waals surface area contributed by atoms with Crippen molar-refractivity contribution in [2.75, 3.05) is 52.4 Å². The molecular weight excluding hydrogens is 228 g/mol. The van der Waals surface area contributed by atoms with Gasteiger partial charge in [-0.3, -0.25) is 0 Å². The van der Waals surface area contributed by atoms with Crippen molar-refractivity contribution in [3.05, 3.63) is 0 Å². The molecule has 0 aromatic heterocycles. The topological polar surface area (TPSA) is 52.8 Å². The number of nitrogens with two attached hydrogens (primary N) is 1. The van der Waals surface area contributed by atoms with Crippen LogP contribution in [0.2, 0.25) is 0 Å². The van der Waals surface area contributed by atoms with E-state index < -0.39 is 0 Å². The molecular formula is C13H26N4O. The molecule has 2 heterocycles. The predicted molar refractivity (Wildman–Crippen MR) is 72.5 cm³/mol. The lowest BCUT2D eigenvalue weighted by molar-refractivity contribution is 0.144. The van der Waals surface area contributed by atoms with Gasteiger partial charge in [0.2, 0.25) is 0 Å². The van der Waals surface area contributed by atoms with Crippen LogP contribution in [-0.4, -0.2) is 73.1 Å². The van der Waals surface area contributed by atoms with E-state index >= 15 is 0 Å². The number of carbonyl (C=O) groups is 1. The zero-order valence-electron chi connectivity index (χ0n) is 11.3. The number of carbonyl (C=O) groups excluding carboxylic acids is 1. The average molecular weight is 254 g/mol. The fourth-order valence-corrected chi connectivity index (χ4v) is 2.85. The summed E-state index contributed by atoms with van der Waals surface area (Å²) in [7, 11) is 0. The van der Waals surface area contributed by atoms with Crippen LogP contribution in [0.4, 0.5) is 4.79 Å². The Kier molecular flexibility index (Phi) is 5.26. The third-order valence-electron chi connectivity index (χ3n) is 3.93. The Morgan fingerprint density at radius 1 is 0.833 bits per heavy atom. The van der Waals surface area contributed by atoms with E-state index in [1.807, 2.05) is 9.80 Å². The first-order valence-electron chi connectivity index (χ1n) is 7.27. The van der Waals surface area contributed by atoms with E-state index in [0.717, 1.165) is 52.2 Å². The second-order valence-electron chi connectivity index (χ2n) is 5.30. The zero-order chi connectivity index (χ0) is 12.8. The van der Waals surface area contributed by atoms with Crippen LogP contribution in [0.15, 0.2) is 0 Å². The maximum absolute atomic E-state index is 12.4. The van der Waals surface area contributed by atoms with E-state index in [9.17, 15) is 4.79 Å². The molecule has 0 aromatic rings. The van der Waals surface area contributed by atoms with Crippen molar-refractivity contribution in [1.29, 1.82) is 0 Å². The molecule has 0 aromatic carbocycles. The van der Waals surface area contributed by atoms with E-state index in [1.54, 1.807) is 0 Å². The molecule has 0 spiro atoms. The molecule has 2 amide bonds. The molecule has 104 valence electrons. The van der Waals surface area contributed by atoms with Gasteiger partial charge in [-0.1, -0.05) is 0 Å². The van der Waals surface area contributed by atoms with Crippen LogP contribution in [0.3, 0.4) is 0 Å². The molecule has 2 aliphatic heterocycles. The smallest absolute Gasteiger partial charge is 0.320 e. The summed E-state index contributed by atoms with van der Waals surface area (Å²) in [5, 5.41) is 0. The molecule has 5 nitrogen and oxygen atoms in total. The van der Waals surface area contributed by atoms with Crippen molar-refractivity contribution < 1.29 is 4.79 Å². The molecule has 2 saturated heterocycles. The molecule has 0 saturated carbocycles. The van der Waals surface area contributed by atoms with Gasteiger partial charge in [0.1, 0.15) is 0 Å². The summed E-state index contributed by atoms with van der Waals surface area (Å²) in [6.07, 6.45) is 4.67. The van der Waals surface area contributed by atoms with Crippen molar-refractivity contribution in [3.63, 3.8) is 0 Å². The highest BCUT2D eigenvalue weighted by Crippen LogP contribution is 2.12. The van der Waals surface area contributed by atoms with Gasteiger partial charge < -0.3 is 20.4 Å². The van der Waals surface area contributed by atoms with Crippen LogP contribution in [0, 0.1) is 0 Å². The minimum Gasteiger partial charge on any atom is -0.329 e. The molecule has 5 heteroatoms. The summed E-state index contributed by atoms with van der Waals surface area (Å²) < 4.78 is 0. The standard InChI is InChI=1S/C13H26N4O/c14-5-10-15-6-4-9-17(12-11-15)13(18)16-7-2-1-3-8-16/h1-12,14H2. The number of rotatable bonds is 2. The Hall–Kier alpha value is -0.810. The van der Waals surface area contributed by atoms with Crippen molar-refractivity contribution in [1.82, 2.24) is 14.7 Å². The Morgan fingerprint density at radius 2 is 1.50 bits per heavy atom. The lowest BCUT2D eigenvalue weighted by Gasteiger charge is -2.32. The van der Waals surface area contributed by atoms with Crippen molar-refractivity contribution in [2.24, 2.45) is 5.73 Å². The first kappa shape index (κ1) is 13.6. The number of likely N-dealkylation sites (tertiary alicyclic amines) is 1. The highest BCUT2D eigenvalue weighted by molar-refractivity contribution is 5.74. The second kappa shape index (κ2) is 6.95. The fourth-order valence-electron chi connectivity index (χ4n) is 2.85. The van der Waals surface area contributed by atoms with Gasteiger partial charge in [-0.25, -0.2) is 4.79 Å².